The minimum atomic E-state index is -2.41. The van der Waals surface area contributed by atoms with Crippen molar-refractivity contribution in [3.8, 4) is 5.75 Å². The summed E-state index contributed by atoms with van der Waals surface area (Å²) in [5.41, 5.74) is 1.07. The van der Waals surface area contributed by atoms with Gasteiger partial charge in [-0.2, -0.15) is 0 Å². The van der Waals surface area contributed by atoms with Crippen molar-refractivity contribution in [2.45, 2.75) is 13.3 Å². The molecule has 0 fully saturated rings. The summed E-state index contributed by atoms with van der Waals surface area (Å²) in [7, 11) is 1.44. The first kappa shape index (κ1) is 12.7. The zero-order valence-corrected chi connectivity index (χ0v) is 9.80. The molecule has 1 atom stereocenters. The first-order valence-electron chi connectivity index (χ1n) is 4.55. The first-order valence-corrected chi connectivity index (χ1v) is 5.62. The highest BCUT2D eigenvalue weighted by Gasteiger charge is 2.05. The van der Waals surface area contributed by atoms with Crippen LogP contribution in [0.25, 0.3) is 0 Å². The summed E-state index contributed by atoms with van der Waals surface area (Å²) in [6.45, 7) is 1.48. The molecule has 1 unspecified atom stereocenters. The summed E-state index contributed by atoms with van der Waals surface area (Å²) in [5.74, 6) is 0.427. The summed E-state index contributed by atoms with van der Waals surface area (Å²) in [5, 5.41) is 0. The molecule has 88 valence electrons. The van der Waals surface area contributed by atoms with Crippen LogP contribution >= 0.6 is 0 Å². The molecule has 0 radical (unpaired) electrons. The molecule has 0 bridgehead atoms. The molecule has 5 nitrogen and oxygen atoms in total. The quantitative estimate of drug-likeness (QED) is 0.782. The van der Waals surface area contributed by atoms with Crippen LogP contribution in [0.3, 0.4) is 0 Å². The largest absolute Gasteiger partial charge is 0.755 e. The van der Waals surface area contributed by atoms with Crippen molar-refractivity contribution in [2.24, 2.45) is 0 Å². The lowest BCUT2D eigenvalue weighted by atomic mass is 10.1. The Balaban J connectivity index is 3.00. The summed E-state index contributed by atoms with van der Waals surface area (Å²) in [6.07, 6.45) is 0.268. The topological polar surface area (TPSA) is 78.5 Å². The zero-order chi connectivity index (χ0) is 12.1. The Morgan fingerprint density at radius 2 is 2.25 bits per heavy atom. The minimum absolute atomic E-state index is 0.0133. The molecule has 0 aliphatic carbocycles. The van der Waals surface area contributed by atoms with Gasteiger partial charge in [0, 0.05) is 17.7 Å². The summed E-state index contributed by atoms with van der Waals surface area (Å²) in [4.78, 5) is 10.9. The SMILES string of the molecule is COc1ccc(CC(C)=O)cc1NS(=O)[O-]. The van der Waals surface area contributed by atoms with Crippen LogP contribution in [0.2, 0.25) is 0 Å². The molecule has 0 aromatic heterocycles. The molecule has 0 amide bonds. The molecule has 6 heteroatoms. The second-order valence-corrected chi connectivity index (χ2v) is 3.92. The zero-order valence-electron chi connectivity index (χ0n) is 8.98. The first-order chi connectivity index (χ1) is 7.52. The number of nitrogens with one attached hydrogen (secondary N) is 1. The van der Waals surface area contributed by atoms with E-state index in [4.69, 9.17) is 4.74 Å². The number of rotatable bonds is 5. The molecule has 0 saturated carbocycles. The van der Waals surface area contributed by atoms with Gasteiger partial charge in [0.25, 0.3) is 0 Å². The van der Waals surface area contributed by atoms with Gasteiger partial charge in [-0.1, -0.05) is 6.07 Å². The number of carbonyl (C=O) groups excluding carboxylic acids is 1. The Hall–Kier alpha value is -1.40. The molecule has 1 aromatic carbocycles. The molecule has 0 heterocycles. The molecule has 1 N–H and O–H groups in total. The molecule has 0 saturated heterocycles. The van der Waals surface area contributed by atoms with Gasteiger partial charge in [0.1, 0.15) is 11.5 Å². The average Bonchev–Trinajstić information content (AvgIpc) is 2.16. The Morgan fingerprint density at radius 1 is 1.56 bits per heavy atom. The number of Topliss-reactive ketones (excluding diaryl/α,β-unsaturated/α-hetero) is 1. The predicted molar refractivity (Wildman–Crippen MR) is 59.9 cm³/mol. The molecule has 1 rings (SSSR count). The monoisotopic (exact) mass is 242 g/mol. The van der Waals surface area contributed by atoms with Crippen LogP contribution in [0.5, 0.6) is 5.75 Å². The normalized spacial score (nSPS) is 11.9. The fourth-order valence-corrected chi connectivity index (χ4v) is 1.66. The van der Waals surface area contributed by atoms with E-state index < -0.39 is 11.3 Å². The average molecular weight is 242 g/mol. The number of anilines is 1. The lowest BCUT2D eigenvalue weighted by Crippen LogP contribution is -2.05. The Labute approximate surface area is 96.2 Å². The van der Waals surface area contributed by atoms with Gasteiger partial charge in [0.15, 0.2) is 0 Å². The van der Waals surface area contributed by atoms with E-state index in [2.05, 4.69) is 4.72 Å². The van der Waals surface area contributed by atoms with Crippen LogP contribution in [-0.2, 0) is 22.5 Å². The van der Waals surface area contributed by atoms with Gasteiger partial charge in [-0.05, 0) is 24.6 Å². The standard InChI is InChI=1S/C10H13NO4S/c1-7(12)5-8-3-4-10(15-2)9(6-8)11-16(13)14/h3-4,6,11H,5H2,1-2H3,(H,13,14)/p-1. The highest BCUT2D eigenvalue weighted by atomic mass is 32.2. The van der Waals surface area contributed by atoms with Crippen LogP contribution in [0.1, 0.15) is 12.5 Å². The highest BCUT2D eigenvalue weighted by Crippen LogP contribution is 2.25. The number of ether oxygens (including phenoxy) is 1. The summed E-state index contributed by atoms with van der Waals surface area (Å²) < 4.78 is 28.3. The van der Waals surface area contributed by atoms with Crippen LogP contribution < -0.4 is 9.46 Å². The molecular weight excluding hydrogens is 230 g/mol. The number of hydrogen-bond acceptors (Lipinski definition) is 4. The van der Waals surface area contributed by atoms with Crippen LogP contribution in [0, 0.1) is 0 Å². The molecular formula is C10H12NO4S-. The van der Waals surface area contributed by atoms with E-state index in [-0.39, 0.29) is 12.2 Å². The van der Waals surface area contributed by atoms with Gasteiger partial charge in [0.05, 0.1) is 12.8 Å². The maximum Gasteiger partial charge on any atom is 0.142 e. The van der Waals surface area contributed by atoms with Crippen molar-refractivity contribution in [2.75, 3.05) is 11.8 Å². The maximum absolute atomic E-state index is 10.9. The second kappa shape index (κ2) is 5.62. The van der Waals surface area contributed by atoms with Gasteiger partial charge < -0.3 is 14.0 Å². The number of methoxy groups -OCH3 is 1. The van der Waals surface area contributed by atoms with E-state index >= 15 is 0 Å². The molecule has 1 aromatic rings. The van der Waals surface area contributed by atoms with Gasteiger partial charge >= 0.3 is 0 Å². The van der Waals surface area contributed by atoms with Crippen LogP contribution in [-0.4, -0.2) is 21.7 Å². The fourth-order valence-electron chi connectivity index (χ4n) is 1.32. The number of benzene rings is 1. The van der Waals surface area contributed by atoms with E-state index in [0.717, 1.165) is 5.56 Å². The molecule has 0 aliphatic rings. The Bertz CT molecular complexity index is 419. The second-order valence-electron chi connectivity index (χ2n) is 3.25. The van der Waals surface area contributed by atoms with Gasteiger partial charge in [-0.25, -0.2) is 0 Å². The highest BCUT2D eigenvalue weighted by molar-refractivity contribution is 7.80. The van der Waals surface area contributed by atoms with E-state index in [0.29, 0.717) is 11.4 Å². The summed E-state index contributed by atoms with van der Waals surface area (Å²) in [6, 6.07) is 4.92. The number of hydrogen-bond donors (Lipinski definition) is 1. The minimum Gasteiger partial charge on any atom is -0.755 e. The van der Waals surface area contributed by atoms with Crippen molar-refractivity contribution in [1.82, 2.24) is 0 Å². The van der Waals surface area contributed by atoms with E-state index in [1.807, 2.05) is 0 Å². The molecule has 16 heavy (non-hydrogen) atoms. The Morgan fingerprint density at radius 3 is 2.75 bits per heavy atom. The number of ketones is 1. The van der Waals surface area contributed by atoms with E-state index in [9.17, 15) is 13.6 Å². The van der Waals surface area contributed by atoms with E-state index in [1.54, 1.807) is 18.2 Å². The van der Waals surface area contributed by atoms with Crippen molar-refractivity contribution in [1.29, 1.82) is 0 Å². The Kier molecular flexibility index (Phi) is 4.45. The lowest BCUT2D eigenvalue weighted by molar-refractivity contribution is -0.116. The third-order valence-electron chi connectivity index (χ3n) is 1.91. The van der Waals surface area contributed by atoms with E-state index in [1.165, 1.54) is 14.0 Å². The smallest absolute Gasteiger partial charge is 0.142 e. The van der Waals surface area contributed by atoms with Crippen LogP contribution in [0.15, 0.2) is 18.2 Å². The van der Waals surface area contributed by atoms with Crippen molar-refractivity contribution >= 4 is 22.7 Å². The number of carbonyl (C=O) groups is 1. The fraction of sp³-hybridized carbons (Fsp3) is 0.300. The van der Waals surface area contributed by atoms with Crippen molar-refractivity contribution in [3.63, 3.8) is 0 Å². The van der Waals surface area contributed by atoms with Crippen molar-refractivity contribution < 1.29 is 18.3 Å². The molecule has 0 spiro atoms. The third-order valence-corrected chi connectivity index (χ3v) is 2.30. The lowest BCUT2D eigenvalue weighted by Gasteiger charge is -2.13. The summed E-state index contributed by atoms with van der Waals surface area (Å²) >= 11 is -2.41. The maximum atomic E-state index is 10.9. The predicted octanol–water partition coefficient (Wildman–Crippen LogP) is 1.03. The van der Waals surface area contributed by atoms with Crippen LogP contribution in [0.4, 0.5) is 5.69 Å². The van der Waals surface area contributed by atoms with Gasteiger partial charge in [-0.3, -0.25) is 9.00 Å². The van der Waals surface area contributed by atoms with Crippen molar-refractivity contribution in [3.05, 3.63) is 23.8 Å². The van der Waals surface area contributed by atoms with Gasteiger partial charge in [0.2, 0.25) is 0 Å². The van der Waals surface area contributed by atoms with Gasteiger partial charge in [-0.15, -0.1) is 0 Å². The third kappa shape index (κ3) is 3.63. The molecule has 0 aliphatic heterocycles.